The lowest BCUT2D eigenvalue weighted by Gasteiger charge is -2.17. The molecule has 0 saturated heterocycles. The van der Waals surface area contributed by atoms with Gasteiger partial charge in [-0.15, -0.1) is 11.6 Å². The third-order valence-electron chi connectivity index (χ3n) is 2.57. The van der Waals surface area contributed by atoms with Crippen LogP contribution in [0.3, 0.4) is 0 Å². The fourth-order valence-electron chi connectivity index (χ4n) is 1.71. The summed E-state index contributed by atoms with van der Waals surface area (Å²) in [5.41, 5.74) is 0.356. The summed E-state index contributed by atoms with van der Waals surface area (Å²) in [6.07, 6.45) is 0.453. The summed E-state index contributed by atoms with van der Waals surface area (Å²) in [5.74, 6) is -0.149. The lowest BCUT2D eigenvalue weighted by molar-refractivity contribution is 0.173. The Morgan fingerprint density at radius 3 is 2.68 bits per heavy atom. The van der Waals surface area contributed by atoms with Gasteiger partial charge >= 0.3 is 0 Å². The summed E-state index contributed by atoms with van der Waals surface area (Å²) >= 11 is 5.62. The van der Waals surface area contributed by atoms with E-state index in [1.54, 1.807) is 6.92 Å². The van der Waals surface area contributed by atoms with Gasteiger partial charge in [-0.1, -0.05) is 0 Å². The number of alkyl halides is 1. The van der Waals surface area contributed by atoms with Gasteiger partial charge in [0.2, 0.25) is 10.0 Å². The van der Waals surface area contributed by atoms with Crippen LogP contribution in [0.2, 0.25) is 0 Å². The fraction of sp³-hybridized carbons (Fsp3) is 0.500. The molecule has 0 aliphatic heterocycles. The smallest absolute Gasteiger partial charge is 0.241 e. The van der Waals surface area contributed by atoms with Crippen molar-refractivity contribution in [2.45, 2.75) is 24.3 Å². The van der Waals surface area contributed by atoms with Crippen molar-refractivity contribution in [1.29, 1.82) is 0 Å². The molecule has 0 radical (unpaired) electrons. The molecule has 7 heteroatoms. The molecule has 1 atom stereocenters. The van der Waals surface area contributed by atoms with Crippen LogP contribution in [0.25, 0.3) is 0 Å². The summed E-state index contributed by atoms with van der Waals surface area (Å²) in [4.78, 5) is 0.0598. The van der Waals surface area contributed by atoms with Gasteiger partial charge in [-0.3, -0.25) is 0 Å². The highest BCUT2D eigenvalue weighted by atomic mass is 35.5. The van der Waals surface area contributed by atoms with E-state index >= 15 is 0 Å². The highest BCUT2D eigenvalue weighted by Gasteiger charge is 2.21. The molecule has 0 aliphatic rings. The molecular weight excluding hydrogens is 293 g/mol. The Bertz CT molecular complexity index is 516. The zero-order chi connectivity index (χ0) is 14.5. The van der Waals surface area contributed by atoms with Gasteiger partial charge in [-0.25, -0.2) is 17.5 Å². The summed E-state index contributed by atoms with van der Waals surface area (Å²) in [6, 6.07) is 3.14. The van der Waals surface area contributed by atoms with Crippen molar-refractivity contribution in [3.05, 3.63) is 29.6 Å². The average Bonchev–Trinajstić information content (AvgIpc) is 2.28. The summed E-state index contributed by atoms with van der Waals surface area (Å²) < 4.78 is 44.8. The number of nitrogens with one attached hydrogen (secondary N) is 1. The van der Waals surface area contributed by atoms with Crippen LogP contribution in [0.4, 0.5) is 4.39 Å². The zero-order valence-electron chi connectivity index (χ0n) is 10.8. The van der Waals surface area contributed by atoms with Crippen LogP contribution in [0.15, 0.2) is 23.1 Å². The minimum absolute atomic E-state index is 0.0598. The molecule has 4 nitrogen and oxygen atoms in total. The maximum atomic E-state index is 13.0. The average molecular weight is 310 g/mol. The molecule has 19 heavy (non-hydrogen) atoms. The largest absolute Gasteiger partial charge is 0.383 e. The predicted molar refractivity (Wildman–Crippen MR) is 72.5 cm³/mol. The van der Waals surface area contributed by atoms with Gasteiger partial charge in [0.1, 0.15) is 5.82 Å². The number of rotatable bonds is 7. The van der Waals surface area contributed by atoms with E-state index < -0.39 is 21.9 Å². The highest BCUT2D eigenvalue weighted by Crippen LogP contribution is 2.16. The summed E-state index contributed by atoms with van der Waals surface area (Å²) in [6.45, 7) is 1.77. The van der Waals surface area contributed by atoms with Gasteiger partial charge in [-0.2, -0.15) is 0 Å². The molecule has 0 amide bonds. The Hall–Kier alpha value is -0.690. The minimum Gasteiger partial charge on any atom is -0.383 e. The number of hydrogen-bond donors (Lipinski definition) is 1. The van der Waals surface area contributed by atoms with Crippen molar-refractivity contribution in [3.63, 3.8) is 0 Å². The third kappa shape index (κ3) is 4.72. The number of aryl methyl sites for hydroxylation is 1. The Morgan fingerprint density at radius 2 is 2.16 bits per heavy atom. The van der Waals surface area contributed by atoms with E-state index in [1.165, 1.54) is 19.2 Å². The van der Waals surface area contributed by atoms with Crippen LogP contribution in [-0.2, 0) is 14.8 Å². The first kappa shape index (κ1) is 16.4. The van der Waals surface area contributed by atoms with Crippen LogP contribution < -0.4 is 4.72 Å². The molecule has 1 N–H and O–H groups in total. The quantitative estimate of drug-likeness (QED) is 0.784. The van der Waals surface area contributed by atoms with Crippen LogP contribution in [0.1, 0.15) is 12.0 Å². The highest BCUT2D eigenvalue weighted by molar-refractivity contribution is 7.89. The van der Waals surface area contributed by atoms with Crippen molar-refractivity contribution in [1.82, 2.24) is 4.72 Å². The lowest BCUT2D eigenvalue weighted by atomic mass is 10.2. The molecule has 0 spiro atoms. The number of methoxy groups -OCH3 is 1. The van der Waals surface area contributed by atoms with Crippen molar-refractivity contribution in [2.75, 3.05) is 19.6 Å². The van der Waals surface area contributed by atoms with E-state index in [2.05, 4.69) is 4.72 Å². The molecule has 0 aromatic heterocycles. The van der Waals surface area contributed by atoms with E-state index in [0.717, 1.165) is 6.07 Å². The van der Waals surface area contributed by atoms with Gasteiger partial charge in [0.25, 0.3) is 0 Å². The van der Waals surface area contributed by atoms with Crippen molar-refractivity contribution >= 4 is 21.6 Å². The first-order valence-corrected chi connectivity index (χ1v) is 7.76. The number of halogens is 2. The maximum absolute atomic E-state index is 13.0. The Kier molecular flexibility index (Phi) is 6.19. The second-order valence-electron chi connectivity index (χ2n) is 4.16. The van der Waals surface area contributed by atoms with E-state index in [1.807, 2.05) is 0 Å². The number of hydrogen-bond acceptors (Lipinski definition) is 3. The topological polar surface area (TPSA) is 55.4 Å². The molecule has 0 aliphatic carbocycles. The molecule has 108 valence electrons. The van der Waals surface area contributed by atoms with E-state index in [0.29, 0.717) is 17.9 Å². The van der Waals surface area contributed by atoms with Gasteiger partial charge < -0.3 is 4.74 Å². The minimum atomic E-state index is -3.71. The van der Waals surface area contributed by atoms with Gasteiger partial charge in [0, 0.05) is 19.0 Å². The van der Waals surface area contributed by atoms with Crippen LogP contribution in [-0.4, -0.2) is 34.1 Å². The summed E-state index contributed by atoms with van der Waals surface area (Å²) in [5, 5.41) is 0. The number of benzene rings is 1. The Labute approximate surface area is 118 Å². The van der Waals surface area contributed by atoms with Crippen LogP contribution in [0.5, 0.6) is 0 Å². The predicted octanol–water partition coefficient (Wildman–Crippen LogP) is 2.06. The normalized spacial score (nSPS) is 13.5. The molecule has 1 rings (SSSR count). The Balaban J connectivity index is 2.96. The fourth-order valence-corrected chi connectivity index (χ4v) is 3.45. The molecule has 1 aromatic carbocycles. The monoisotopic (exact) mass is 309 g/mol. The maximum Gasteiger partial charge on any atom is 0.241 e. The van der Waals surface area contributed by atoms with Crippen LogP contribution >= 0.6 is 11.6 Å². The van der Waals surface area contributed by atoms with Gasteiger partial charge in [0.05, 0.1) is 11.5 Å². The number of ether oxygens (including phenoxy) is 1. The van der Waals surface area contributed by atoms with E-state index in [-0.39, 0.29) is 11.5 Å². The van der Waals surface area contributed by atoms with Crippen molar-refractivity contribution < 1.29 is 17.5 Å². The van der Waals surface area contributed by atoms with Crippen molar-refractivity contribution in [3.8, 4) is 0 Å². The van der Waals surface area contributed by atoms with Gasteiger partial charge in [0.15, 0.2) is 0 Å². The van der Waals surface area contributed by atoms with Gasteiger partial charge in [-0.05, 0) is 37.1 Å². The first-order valence-electron chi connectivity index (χ1n) is 5.74. The molecular formula is C12H17ClFNO3S. The molecule has 0 fully saturated rings. The summed E-state index contributed by atoms with van der Waals surface area (Å²) in [7, 11) is -2.22. The Morgan fingerprint density at radius 1 is 1.47 bits per heavy atom. The van der Waals surface area contributed by atoms with Crippen LogP contribution in [0, 0.1) is 12.7 Å². The van der Waals surface area contributed by atoms with E-state index in [9.17, 15) is 12.8 Å². The third-order valence-corrected chi connectivity index (χ3v) is 4.47. The molecule has 1 unspecified atom stereocenters. The van der Waals surface area contributed by atoms with Crippen molar-refractivity contribution in [2.24, 2.45) is 0 Å². The zero-order valence-corrected chi connectivity index (χ0v) is 12.4. The lowest BCUT2D eigenvalue weighted by Crippen LogP contribution is -2.38. The first-order chi connectivity index (χ1) is 8.90. The second kappa shape index (κ2) is 7.19. The molecule has 0 saturated carbocycles. The number of sulfonamides is 1. The van der Waals surface area contributed by atoms with E-state index in [4.69, 9.17) is 16.3 Å². The standard InChI is InChI=1S/C12H17ClFNO3S/c1-9-7-10(14)3-4-12(9)19(16,17)15-11(5-6-13)8-18-2/h3-4,7,11,15H,5-6,8H2,1-2H3. The molecule has 0 heterocycles. The molecule has 1 aromatic rings. The SMILES string of the molecule is COCC(CCCl)NS(=O)(=O)c1ccc(F)cc1C. The molecule has 0 bridgehead atoms. The second-order valence-corrected chi connectivity index (χ2v) is 6.22.